The van der Waals surface area contributed by atoms with Gasteiger partial charge in [0.25, 0.3) is 5.91 Å². The average molecular weight is 382 g/mol. The van der Waals surface area contributed by atoms with Crippen molar-refractivity contribution in [2.24, 2.45) is 0 Å². The Kier molecular flexibility index (Phi) is 5.18. The summed E-state index contributed by atoms with van der Waals surface area (Å²) in [6, 6.07) is 15.4. The molecule has 3 rings (SSSR count). The van der Waals surface area contributed by atoms with Gasteiger partial charge in [-0.05, 0) is 49.4 Å². The van der Waals surface area contributed by atoms with Crippen molar-refractivity contribution in [1.29, 1.82) is 0 Å². The van der Waals surface area contributed by atoms with E-state index in [1.807, 2.05) is 25.1 Å². The summed E-state index contributed by atoms with van der Waals surface area (Å²) < 4.78 is 24.8. The lowest BCUT2D eigenvalue weighted by atomic mass is 10.1. The molecule has 1 amide bonds. The molecular weight excluding hydrogens is 364 g/mol. The van der Waals surface area contributed by atoms with E-state index in [1.165, 1.54) is 12.1 Å². The number of aryl methyl sites for hydroxylation is 1. The zero-order valence-corrected chi connectivity index (χ0v) is 15.6. The third-order valence-corrected chi connectivity index (χ3v) is 4.25. The second kappa shape index (κ2) is 7.55. The van der Waals surface area contributed by atoms with Gasteiger partial charge in [0.05, 0.1) is 11.9 Å². The van der Waals surface area contributed by atoms with Gasteiger partial charge in [0.15, 0.2) is 0 Å². The summed E-state index contributed by atoms with van der Waals surface area (Å²) >= 11 is 0. The van der Waals surface area contributed by atoms with Gasteiger partial charge in [-0.15, -0.1) is 0 Å². The van der Waals surface area contributed by atoms with E-state index in [9.17, 15) is 13.2 Å². The van der Waals surface area contributed by atoms with E-state index < -0.39 is 10.0 Å². The van der Waals surface area contributed by atoms with E-state index in [0.29, 0.717) is 22.8 Å². The summed E-state index contributed by atoms with van der Waals surface area (Å²) in [5.41, 5.74) is 3.08. The number of carbonyl (C=O) groups is 1. The highest BCUT2D eigenvalue weighted by atomic mass is 32.2. The van der Waals surface area contributed by atoms with Gasteiger partial charge in [-0.1, -0.05) is 12.1 Å². The first-order valence-electron chi connectivity index (χ1n) is 8.09. The molecule has 0 aliphatic heterocycles. The molecule has 138 valence electrons. The molecule has 0 atom stereocenters. The average Bonchev–Trinajstić information content (AvgIpc) is 2.61. The number of rotatable bonds is 5. The van der Waals surface area contributed by atoms with Crippen LogP contribution in [0.15, 0.2) is 60.8 Å². The molecule has 2 N–H and O–H groups in total. The molecule has 0 radical (unpaired) electrons. The Labute approximate surface area is 157 Å². The Morgan fingerprint density at radius 2 is 1.74 bits per heavy atom. The Hall–Kier alpha value is -3.26. The van der Waals surface area contributed by atoms with Crippen molar-refractivity contribution in [1.82, 2.24) is 9.97 Å². The van der Waals surface area contributed by atoms with Crippen molar-refractivity contribution in [3.63, 3.8) is 0 Å². The maximum atomic E-state index is 12.4. The predicted octanol–water partition coefficient (Wildman–Crippen LogP) is 3.08. The zero-order valence-electron chi connectivity index (χ0n) is 14.8. The van der Waals surface area contributed by atoms with Gasteiger partial charge in [-0.2, -0.15) is 0 Å². The van der Waals surface area contributed by atoms with Crippen molar-refractivity contribution in [2.45, 2.75) is 6.92 Å². The lowest BCUT2D eigenvalue weighted by molar-refractivity contribution is 0.102. The van der Waals surface area contributed by atoms with Gasteiger partial charge in [0.1, 0.15) is 5.82 Å². The normalized spacial score (nSPS) is 11.0. The van der Waals surface area contributed by atoms with E-state index in [0.717, 1.165) is 17.5 Å². The number of anilines is 2. The van der Waals surface area contributed by atoms with Gasteiger partial charge in [-0.25, -0.2) is 18.4 Å². The molecule has 0 aliphatic rings. The van der Waals surface area contributed by atoms with Gasteiger partial charge >= 0.3 is 0 Å². The summed E-state index contributed by atoms with van der Waals surface area (Å²) in [6.07, 6.45) is 2.76. The third kappa shape index (κ3) is 5.11. The lowest BCUT2D eigenvalue weighted by Crippen LogP contribution is -2.13. The molecule has 0 unspecified atom stereocenters. The number of carbonyl (C=O) groups excluding carboxylic acids is 1. The number of sulfonamides is 1. The molecule has 0 aliphatic carbocycles. The van der Waals surface area contributed by atoms with Crippen LogP contribution >= 0.6 is 0 Å². The Balaban J connectivity index is 1.75. The SMILES string of the molecule is Cc1nccc(-c2cccc(NC(=O)c3ccc(NS(C)(=O)=O)cc3)c2)n1. The fourth-order valence-electron chi connectivity index (χ4n) is 2.48. The highest BCUT2D eigenvalue weighted by molar-refractivity contribution is 7.92. The molecule has 0 saturated carbocycles. The fraction of sp³-hybridized carbons (Fsp3) is 0.105. The van der Waals surface area contributed by atoms with Gasteiger partial charge in [0, 0.05) is 28.7 Å². The minimum atomic E-state index is -3.35. The molecule has 2 aromatic carbocycles. The van der Waals surface area contributed by atoms with Crippen molar-refractivity contribution >= 4 is 27.3 Å². The summed E-state index contributed by atoms with van der Waals surface area (Å²) in [5.74, 6) is 0.377. The van der Waals surface area contributed by atoms with Crippen LogP contribution in [0.25, 0.3) is 11.3 Å². The van der Waals surface area contributed by atoms with E-state index >= 15 is 0 Å². The smallest absolute Gasteiger partial charge is 0.255 e. The lowest BCUT2D eigenvalue weighted by Gasteiger charge is -2.09. The minimum Gasteiger partial charge on any atom is -0.322 e. The van der Waals surface area contributed by atoms with Crippen molar-refractivity contribution in [3.8, 4) is 11.3 Å². The summed E-state index contributed by atoms with van der Waals surface area (Å²) in [4.78, 5) is 20.9. The van der Waals surface area contributed by atoms with Crippen molar-refractivity contribution < 1.29 is 13.2 Å². The van der Waals surface area contributed by atoms with E-state index in [1.54, 1.807) is 30.5 Å². The van der Waals surface area contributed by atoms with Crippen LogP contribution < -0.4 is 10.0 Å². The first-order chi connectivity index (χ1) is 12.8. The van der Waals surface area contributed by atoms with Crippen LogP contribution in [0.1, 0.15) is 16.2 Å². The van der Waals surface area contributed by atoms with Gasteiger partial charge < -0.3 is 5.32 Å². The van der Waals surface area contributed by atoms with Crippen LogP contribution in [0.5, 0.6) is 0 Å². The molecule has 0 saturated heterocycles. The maximum absolute atomic E-state index is 12.4. The minimum absolute atomic E-state index is 0.295. The summed E-state index contributed by atoms with van der Waals surface area (Å²) in [5, 5.41) is 2.83. The first kappa shape index (κ1) is 18.5. The third-order valence-electron chi connectivity index (χ3n) is 3.64. The summed E-state index contributed by atoms with van der Waals surface area (Å²) in [7, 11) is -3.35. The molecular formula is C19H18N4O3S. The van der Waals surface area contributed by atoms with Gasteiger partial charge in [-0.3, -0.25) is 9.52 Å². The molecule has 1 heterocycles. The Morgan fingerprint density at radius 3 is 2.41 bits per heavy atom. The Morgan fingerprint density at radius 1 is 1.00 bits per heavy atom. The van der Waals surface area contributed by atoms with Crippen molar-refractivity contribution in [3.05, 3.63) is 72.2 Å². The quantitative estimate of drug-likeness (QED) is 0.706. The first-order valence-corrected chi connectivity index (χ1v) is 9.99. The molecule has 3 aromatic rings. The molecule has 8 heteroatoms. The van der Waals surface area contributed by atoms with E-state index in [-0.39, 0.29) is 5.91 Å². The number of benzene rings is 2. The van der Waals surface area contributed by atoms with Gasteiger partial charge in [0.2, 0.25) is 10.0 Å². The van der Waals surface area contributed by atoms with Crippen LogP contribution in [-0.4, -0.2) is 30.5 Å². The molecule has 0 fully saturated rings. The van der Waals surface area contributed by atoms with Crippen LogP contribution in [0.4, 0.5) is 11.4 Å². The zero-order chi connectivity index (χ0) is 19.4. The number of hydrogen-bond donors (Lipinski definition) is 2. The second-order valence-corrected chi connectivity index (χ2v) is 7.72. The van der Waals surface area contributed by atoms with Crippen LogP contribution in [0.2, 0.25) is 0 Å². The molecule has 27 heavy (non-hydrogen) atoms. The number of amides is 1. The standard InChI is InChI=1S/C19H18N4O3S/c1-13-20-11-10-18(21-13)15-4-3-5-17(12-15)22-19(24)14-6-8-16(9-7-14)23-27(2,25)26/h3-12,23H,1-2H3,(H,22,24). The topological polar surface area (TPSA) is 101 Å². The highest BCUT2D eigenvalue weighted by Crippen LogP contribution is 2.21. The molecule has 0 spiro atoms. The van der Waals surface area contributed by atoms with E-state index in [4.69, 9.17) is 0 Å². The van der Waals surface area contributed by atoms with Crippen LogP contribution in [0.3, 0.4) is 0 Å². The van der Waals surface area contributed by atoms with Crippen LogP contribution in [-0.2, 0) is 10.0 Å². The largest absolute Gasteiger partial charge is 0.322 e. The fourth-order valence-corrected chi connectivity index (χ4v) is 3.04. The number of nitrogens with one attached hydrogen (secondary N) is 2. The van der Waals surface area contributed by atoms with E-state index in [2.05, 4.69) is 20.0 Å². The summed E-state index contributed by atoms with van der Waals surface area (Å²) in [6.45, 7) is 1.82. The van der Waals surface area contributed by atoms with Crippen LogP contribution in [0, 0.1) is 6.92 Å². The predicted molar refractivity (Wildman–Crippen MR) is 105 cm³/mol. The molecule has 1 aromatic heterocycles. The highest BCUT2D eigenvalue weighted by Gasteiger charge is 2.09. The number of aromatic nitrogens is 2. The second-order valence-electron chi connectivity index (χ2n) is 5.98. The number of nitrogens with zero attached hydrogens (tertiary/aromatic N) is 2. The van der Waals surface area contributed by atoms with Crippen molar-refractivity contribution in [2.75, 3.05) is 16.3 Å². The monoisotopic (exact) mass is 382 g/mol. The molecule has 0 bridgehead atoms. The Bertz CT molecular complexity index is 1080. The number of hydrogen-bond acceptors (Lipinski definition) is 5. The molecule has 7 nitrogen and oxygen atoms in total. The maximum Gasteiger partial charge on any atom is 0.255 e.